The molecule has 8 heteroatoms. The summed E-state index contributed by atoms with van der Waals surface area (Å²) in [4.78, 5) is 39.9. The van der Waals surface area contributed by atoms with Crippen molar-refractivity contribution < 1.29 is 19.1 Å². The van der Waals surface area contributed by atoms with Crippen LogP contribution in [0.4, 0.5) is 0 Å². The van der Waals surface area contributed by atoms with Crippen LogP contribution in [0.25, 0.3) is 0 Å². The van der Waals surface area contributed by atoms with E-state index in [1.807, 2.05) is 30.3 Å². The van der Waals surface area contributed by atoms with Crippen LogP contribution >= 0.6 is 0 Å². The van der Waals surface area contributed by atoms with E-state index < -0.39 is 17.9 Å². The molecule has 8 nitrogen and oxygen atoms in total. The first kappa shape index (κ1) is 25.2. The summed E-state index contributed by atoms with van der Waals surface area (Å²) >= 11 is 0. The van der Waals surface area contributed by atoms with Crippen LogP contribution in [0.15, 0.2) is 30.3 Å². The Morgan fingerprint density at radius 2 is 1.76 bits per heavy atom. The van der Waals surface area contributed by atoms with Gasteiger partial charge in [0.05, 0.1) is 13.2 Å². The number of carbonyl (C=O) groups excluding carboxylic acids is 3. The molecular formula is C25H38N4O4. The van der Waals surface area contributed by atoms with Crippen LogP contribution in [0, 0.1) is 11.8 Å². The van der Waals surface area contributed by atoms with E-state index in [4.69, 9.17) is 10.5 Å². The number of benzene rings is 1. The van der Waals surface area contributed by atoms with Gasteiger partial charge in [-0.3, -0.25) is 14.4 Å². The van der Waals surface area contributed by atoms with Gasteiger partial charge in [0, 0.05) is 38.5 Å². The third kappa shape index (κ3) is 8.44. The van der Waals surface area contributed by atoms with Gasteiger partial charge < -0.3 is 26.0 Å². The van der Waals surface area contributed by atoms with E-state index in [-0.39, 0.29) is 24.8 Å². The van der Waals surface area contributed by atoms with Crippen LogP contribution in [0.3, 0.4) is 0 Å². The first-order valence-electron chi connectivity index (χ1n) is 12.2. The Bertz CT molecular complexity index is 761. The molecule has 3 rings (SSSR count). The van der Waals surface area contributed by atoms with Gasteiger partial charge in [0.2, 0.25) is 17.7 Å². The summed E-state index contributed by atoms with van der Waals surface area (Å²) in [5.41, 5.74) is 6.67. The Kier molecular flexibility index (Phi) is 10.2. The lowest BCUT2D eigenvalue weighted by Gasteiger charge is -2.30. The predicted molar refractivity (Wildman–Crippen MR) is 126 cm³/mol. The topological polar surface area (TPSA) is 114 Å². The van der Waals surface area contributed by atoms with Crippen LogP contribution in [0.2, 0.25) is 0 Å². The van der Waals surface area contributed by atoms with Crippen molar-refractivity contribution in [3.05, 3.63) is 35.9 Å². The molecule has 2 unspecified atom stereocenters. The number of primary amides is 1. The molecule has 33 heavy (non-hydrogen) atoms. The monoisotopic (exact) mass is 458 g/mol. The quantitative estimate of drug-likeness (QED) is 0.466. The minimum absolute atomic E-state index is 0.0212. The molecule has 1 aromatic rings. The molecule has 1 heterocycles. The largest absolute Gasteiger partial charge is 0.378 e. The first-order chi connectivity index (χ1) is 16.0. The average Bonchev–Trinajstić information content (AvgIpc) is 2.84. The summed E-state index contributed by atoms with van der Waals surface area (Å²) in [6, 6.07) is 9.00. The van der Waals surface area contributed by atoms with Crippen molar-refractivity contribution in [2.24, 2.45) is 17.6 Å². The Morgan fingerprint density at radius 1 is 1.06 bits per heavy atom. The highest BCUT2D eigenvalue weighted by Gasteiger charge is 2.31. The first-order valence-corrected chi connectivity index (χ1v) is 12.2. The summed E-state index contributed by atoms with van der Waals surface area (Å²) in [6.07, 6.45) is 6.58. The van der Waals surface area contributed by atoms with Crippen LogP contribution in [0.1, 0.15) is 50.5 Å². The number of morpholine rings is 1. The van der Waals surface area contributed by atoms with Gasteiger partial charge >= 0.3 is 0 Å². The zero-order valence-electron chi connectivity index (χ0n) is 19.5. The molecule has 0 aromatic heterocycles. The lowest BCUT2D eigenvalue weighted by atomic mass is 9.81. The fourth-order valence-corrected chi connectivity index (χ4v) is 4.73. The molecular weight excluding hydrogens is 420 g/mol. The average molecular weight is 459 g/mol. The van der Waals surface area contributed by atoms with Gasteiger partial charge in [0.1, 0.15) is 6.04 Å². The van der Waals surface area contributed by atoms with Gasteiger partial charge in [-0.05, 0) is 17.9 Å². The predicted octanol–water partition coefficient (Wildman–Crippen LogP) is 1.58. The molecule has 2 fully saturated rings. The highest BCUT2D eigenvalue weighted by Crippen LogP contribution is 2.30. The molecule has 4 N–H and O–H groups in total. The van der Waals surface area contributed by atoms with Crippen LogP contribution < -0.4 is 16.4 Å². The molecule has 0 spiro atoms. The van der Waals surface area contributed by atoms with Crippen molar-refractivity contribution in [1.29, 1.82) is 0 Å². The maximum atomic E-state index is 13.2. The number of hydrogen-bond donors (Lipinski definition) is 3. The van der Waals surface area contributed by atoms with Crippen molar-refractivity contribution in [2.45, 2.75) is 57.5 Å². The van der Waals surface area contributed by atoms with Gasteiger partial charge in [-0.2, -0.15) is 0 Å². The fourth-order valence-electron chi connectivity index (χ4n) is 4.73. The van der Waals surface area contributed by atoms with E-state index in [9.17, 15) is 14.4 Å². The third-order valence-corrected chi connectivity index (χ3v) is 6.68. The maximum absolute atomic E-state index is 13.2. The number of ether oxygens (including phenoxy) is 1. The molecule has 0 radical (unpaired) electrons. The maximum Gasteiger partial charge on any atom is 0.241 e. The molecule has 3 amide bonds. The number of carbonyl (C=O) groups is 3. The Labute approximate surface area is 196 Å². The smallest absolute Gasteiger partial charge is 0.241 e. The van der Waals surface area contributed by atoms with E-state index in [1.165, 1.54) is 19.3 Å². The van der Waals surface area contributed by atoms with Gasteiger partial charge in [0.15, 0.2) is 0 Å². The minimum Gasteiger partial charge on any atom is -0.378 e. The van der Waals surface area contributed by atoms with Gasteiger partial charge in [0.25, 0.3) is 0 Å². The van der Waals surface area contributed by atoms with E-state index in [2.05, 4.69) is 10.6 Å². The number of amides is 3. The molecule has 2 atom stereocenters. The highest BCUT2D eigenvalue weighted by atomic mass is 16.5. The number of nitrogens with two attached hydrogens (primary N) is 1. The van der Waals surface area contributed by atoms with Gasteiger partial charge in [-0.15, -0.1) is 0 Å². The SMILES string of the molecule is NC(=O)C(CNCc1ccccc1)NC(=O)C(CC(=O)N1CCOCC1)CC1CCCCC1. The number of nitrogens with zero attached hydrogens (tertiary/aromatic N) is 1. The van der Waals surface area contributed by atoms with Crippen molar-refractivity contribution in [3.63, 3.8) is 0 Å². The number of rotatable bonds is 11. The highest BCUT2D eigenvalue weighted by molar-refractivity contribution is 5.90. The zero-order chi connectivity index (χ0) is 23.5. The molecule has 1 aromatic carbocycles. The summed E-state index contributed by atoms with van der Waals surface area (Å²) in [6.45, 7) is 2.99. The second-order valence-electron chi connectivity index (χ2n) is 9.21. The lowest BCUT2D eigenvalue weighted by molar-refractivity contribution is -0.140. The second kappa shape index (κ2) is 13.3. The molecule has 1 saturated carbocycles. The Morgan fingerprint density at radius 3 is 2.42 bits per heavy atom. The van der Waals surface area contributed by atoms with Crippen molar-refractivity contribution in [2.75, 3.05) is 32.8 Å². The molecule has 1 aliphatic heterocycles. The summed E-state index contributed by atoms with van der Waals surface area (Å²) in [5.74, 6) is -0.881. The van der Waals surface area contributed by atoms with Crippen molar-refractivity contribution in [1.82, 2.24) is 15.5 Å². The summed E-state index contributed by atoms with van der Waals surface area (Å²) in [5, 5.41) is 6.03. The summed E-state index contributed by atoms with van der Waals surface area (Å²) < 4.78 is 5.34. The van der Waals surface area contributed by atoms with Crippen molar-refractivity contribution >= 4 is 17.7 Å². The number of hydrogen-bond acceptors (Lipinski definition) is 5. The minimum atomic E-state index is -0.825. The standard InChI is InChI=1S/C25H38N4O4/c26-24(31)22(18-27-17-20-9-5-2-6-10-20)28-25(32)21(15-19-7-3-1-4-8-19)16-23(30)29-11-13-33-14-12-29/h2,5-6,9-10,19,21-22,27H,1,3-4,7-8,11-18H2,(H2,26,31)(H,28,32). The molecule has 182 valence electrons. The van der Waals surface area contributed by atoms with Crippen LogP contribution in [0.5, 0.6) is 0 Å². The lowest BCUT2D eigenvalue weighted by Crippen LogP contribution is -2.52. The van der Waals surface area contributed by atoms with E-state index in [1.54, 1.807) is 4.90 Å². The molecule has 0 bridgehead atoms. The zero-order valence-corrected chi connectivity index (χ0v) is 19.5. The normalized spacial score (nSPS) is 19.0. The Hall–Kier alpha value is -2.45. The second-order valence-corrected chi connectivity index (χ2v) is 9.21. The van der Waals surface area contributed by atoms with Gasteiger partial charge in [-0.25, -0.2) is 0 Å². The Balaban J connectivity index is 1.59. The van der Waals surface area contributed by atoms with Gasteiger partial charge in [-0.1, -0.05) is 62.4 Å². The van der Waals surface area contributed by atoms with Crippen molar-refractivity contribution in [3.8, 4) is 0 Å². The van der Waals surface area contributed by atoms with Crippen LogP contribution in [-0.2, 0) is 25.7 Å². The molecule has 1 aliphatic carbocycles. The number of nitrogens with one attached hydrogen (secondary N) is 2. The molecule has 2 aliphatic rings. The van der Waals surface area contributed by atoms with Crippen LogP contribution in [-0.4, -0.2) is 61.5 Å². The fraction of sp³-hybridized carbons (Fsp3) is 0.640. The van der Waals surface area contributed by atoms with E-state index in [0.717, 1.165) is 18.4 Å². The molecule has 1 saturated heterocycles. The summed E-state index contributed by atoms with van der Waals surface area (Å²) in [7, 11) is 0. The van der Waals surface area contributed by atoms with E-state index >= 15 is 0 Å². The van der Waals surface area contributed by atoms with E-state index in [0.29, 0.717) is 45.2 Å². The third-order valence-electron chi connectivity index (χ3n) is 6.68.